The molecule has 1 aromatic rings. The van der Waals surface area contributed by atoms with E-state index in [1.165, 1.54) is 24.2 Å². The molecule has 4 heterocycles. The summed E-state index contributed by atoms with van der Waals surface area (Å²) in [4.78, 5) is 5.17. The topological polar surface area (TPSA) is 32.5 Å². The summed E-state index contributed by atoms with van der Waals surface area (Å²) in [5.74, 6) is 0.654. The van der Waals surface area contributed by atoms with E-state index in [9.17, 15) is 0 Å². The van der Waals surface area contributed by atoms with Crippen LogP contribution in [0.1, 0.15) is 11.1 Å². The number of nitrogens with two attached hydrogens (primary N) is 1. The van der Waals surface area contributed by atoms with Crippen LogP contribution in [0.25, 0.3) is 0 Å². The fourth-order valence-electron chi connectivity index (χ4n) is 4.42. The Bertz CT molecular complexity index is 470. The Morgan fingerprint density at radius 1 is 1.22 bits per heavy atom. The zero-order valence-corrected chi connectivity index (χ0v) is 11.0. The smallest absolute Gasteiger partial charge is 0.0507 e. The summed E-state index contributed by atoms with van der Waals surface area (Å²) in [6, 6.07) is 9.31. The molecule has 4 aliphatic heterocycles. The lowest BCUT2D eigenvalue weighted by Gasteiger charge is -2.62. The summed E-state index contributed by atoms with van der Waals surface area (Å²) in [5.41, 5.74) is 9.60. The van der Waals surface area contributed by atoms with Crippen molar-refractivity contribution in [3.8, 4) is 0 Å². The van der Waals surface area contributed by atoms with Gasteiger partial charge < -0.3 is 5.73 Å². The number of hydrogen-bond acceptors (Lipinski definition) is 3. The van der Waals surface area contributed by atoms with Gasteiger partial charge in [-0.05, 0) is 12.5 Å². The molecule has 3 heteroatoms. The van der Waals surface area contributed by atoms with Crippen LogP contribution < -0.4 is 5.73 Å². The van der Waals surface area contributed by atoms with Gasteiger partial charge in [-0.3, -0.25) is 9.80 Å². The number of aryl methyl sites for hydroxylation is 1. The molecule has 4 aliphatic rings. The molecule has 0 radical (unpaired) electrons. The van der Waals surface area contributed by atoms with Gasteiger partial charge in [0, 0.05) is 43.6 Å². The van der Waals surface area contributed by atoms with E-state index in [1.54, 1.807) is 0 Å². The van der Waals surface area contributed by atoms with Crippen molar-refractivity contribution in [2.24, 2.45) is 11.7 Å². The first-order valence-electron chi connectivity index (χ1n) is 6.95. The second kappa shape index (κ2) is 3.56. The second-order valence-corrected chi connectivity index (χ2v) is 6.48. The van der Waals surface area contributed by atoms with Gasteiger partial charge in [-0.1, -0.05) is 29.8 Å². The average molecular weight is 243 g/mol. The van der Waals surface area contributed by atoms with Crippen LogP contribution in [0.4, 0.5) is 0 Å². The first kappa shape index (κ1) is 11.0. The van der Waals surface area contributed by atoms with Crippen LogP contribution in [-0.4, -0.2) is 48.7 Å². The van der Waals surface area contributed by atoms with Crippen molar-refractivity contribution in [3.63, 3.8) is 0 Å². The van der Waals surface area contributed by atoms with Gasteiger partial charge >= 0.3 is 0 Å². The molecule has 3 nitrogen and oxygen atoms in total. The van der Waals surface area contributed by atoms with E-state index in [4.69, 9.17) is 5.73 Å². The van der Waals surface area contributed by atoms with Crippen LogP contribution in [-0.2, 0) is 5.41 Å². The van der Waals surface area contributed by atoms with Gasteiger partial charge in [-0.25, -0.2) is 0 Å². The van der Waals surface area contributed by atoms with Crippen LogP contribution in [0.2, 0.25) is 0 Å². The minimum atomic E-state index is 0.172. The van der Waals surface area contributed by atoms with E-state index in [-0.39, 0.29) is 5.41 Å². The predicted molar refractivity (Wildman–Crippen MR) is 72.3 cm³/mol. The van der Waals surface area contributed by atoms with Crippen molar-refractivity contribution in [2.75, 3.05) is 32.8 Å². The minimum Gasteiger partial charge on any atom is -0.326 e. The molecule has 2 N–H and O–H groups in total. The van der Waals surface area contributed by atoms with Crippen molar-refractivity contribution in [1.29, 1.82) is 0 Å². The fourth-order valence-corrected chi connectivity index (χ4v) is 4.42. The lowest BCUT2D eigenvalue weighted by Crippen LogP contribution is -2.77. The molecule has 3 unspecified atom stereocenters. The Labute approximate surface area is 109 Å². The fraction of sp³-hybridized carbons (Fsp3) is 0.600. The Balaban J connectivity index is 1.82. The maximum Gasteiger partial charge on any atom is 0.0507 e. The van der Waals surface area contributed by atoms with Crippen LogP contribution in [0.5, 0.6) is 0 Å². The first-order valence-corrected chi connectivity index (χ1v) is 6.95. The van der Waals surface area contributed by atoms with Crippen molar-refractivity contribution >= 4 is 0 Å². The average Bonchev–Trinajstić information content (AvgIpc) is 2.35. The Kier molecular flexibility index (Phi) is 2.17. The minimum absolute atomic E-state index is 0.172. The maximum absolute atomic E-state index is 6.63. The van der Waals surface area contributed by atoms with Crippen LogP contribution >= 0.6 is 0 Å². The van der Waals surface area contributed by atoms with Crippen molar-refractivity contribution in [3.05, 3.63) is 35.4 Å². The van der Waals surface area contributed by atoms with Gasteiger partial charge in [-0.2, -0.15) is 0 Å². The third-order valence-electron chi connectivity index (χ3n) is 5.14. The maximum atomic E-state index is 6.63. The van der Waals surface area contributed by atoms with Crippen LogP contribution in [0.15, 0.2) is 24.3 Å². The molecule has 4 fully saturated rings. The van der Waals surface area contributed by atoms with E-state index >= 15 is 0 Å². The Morgan fingerprint density at radius 2 is 1.94 bits per heavy atom. The molecule has 5 rings (SSSR count). The molecule has 0 spiro atoms. The standard InChI is InChI=1S/C15H21N3/c1-11-3-2-4-13(5-11)15-8-17-6-12(14(15)16)7-18(9-15)10-17/h2-5,12,14H,6-10,16H2,1H3. The zero-order valence-electron chi connectivity index (χ0n) is 11.0. The molecule has 18 heavy (non-hydrogen) atoms. The lowest BCUT2D eigenvalue weighted by atomic mass is 9.63. The monoisotopic (exact) mass is 243 g/mol. The van der Waals surface area contributed by atoms with Gasteiger partial charge in [0.05, 0.1) is 6.67 Å². The summed E-state index contributed by atoms with van der Waals surface area (Å²) >= 11 is 0. The van der Waals surface area contributed by atoms with E-state index in [0.717, 1.165) is 19.8 Å². The number of piperidine rings is 2. The van der Waals surface area contributed by atoms with Crippen molar-refractivity contribution in [2.45, 2.75) is 18.4 Å². The van der Waals surface area contributed by atoms with Crippen molar-refractivity contribution in [1.82, 2.24) is 9.80 Å². The molecule has 4 saturated heterocycles. The van der Waals surface area contributed by atoms with E-state index < -0.39 is 0 Å². The summed E-state index contributed by atoms with van der Waals surface area (Å²) < 4.78 is 0. The molecule has 4 bridgehead atoms. The SMILES string of the molecule is Cc1cccc(C23CN4CC(CN(C4)C2)C3N)c1. The molecule has 0 aliphatic carbocycles. The van der Waals surface area contributed by atoms with Crippen LogP contribution in [0.3, 0.4) is 0 Å². The van der Waals surface area contributed by atoms with Gasteiger partial charge in [0.15, 0.2) is 0 Å². The highest BCUT2D eigenvalue weighted by molar-refractivity contribution is 5.35. The third-order valence-corrected chi connectivity index (χ3v) is 5.14. The molecule has 96 valence electrons. The summed E-state index contributed by atoms with van der Waals surface area (Å²) in [5, 5.41) is 0. The molecule has 0 saturated carbocycles. The number of benzene rings is 1. The number of rotatable bonds is 1. The predicted octanol–water partition coefficient (Wildman–Crippen LogP) is 0.779. The summed E-state index contributed by atoms with van der Waals surface area (Å²) in [7, 11) is 0. The number of hydrogen-bond donors (Lipinski definition) is 1. The van der Waals surface area contributed by atoms with Crippen molar-refractivity contribution < 1.29 is 0 Å². The van der Waals surface area contributed by atoms with Gasteiger partial charge in [0.1, 0.15) is 0 Å². The highest BCUT2D eigenvalue weighted by Crippen LogP contribution is 2.43. The molecular formula is C15H21N3. The normalized spacial score (nSPS) is 45.4. The lowest BCUT2D eigenvalue weighted by molar-refractivity contribution is -0.0991. The summed E-state index contributed by atoms with van der Waals surface area (Å²) in [6.45, 7) is 8.01. The Hall–Kier alpha value is -0.900. The highest BCUT2D eigenvalue weighted by atomic mass is 15.4. The van der Waals surface area contributed by atoms with E-state index in [2.05, 4.69) is 41.0 Å². The van der Waals surface area contributed by atoms with Crippen LogP contribution in [0, 0.1) is 12.8 Å². The van der Waals surface area contributed by atoms with E-state index in [1.807, 2.05) is 0 Å². The molecule has 3 atom stereocenters. The second-order valence-electron chi connectivity index (χ2n) is 6.48. The molecule has 0 aromatic heterocycles. The van der Waals surface area contributed by atoms with Gasteiger partial charge in [0.2, 0.25) is 0 Å². The zero-order chi connectivity index (χ0) is 12.3. The van der Waals surface area contributed by atoms with Gasteiger partial charge in [-0.15, -0.1) is 0 Å². The number of nitrogens with zero attached hydrogens (tertiary/aromatic N) is 2. The van der Waals surface area contributed by atoms with Gasteiger partial charge in [0.25, 0.3) is 0 Å². The van der Waals surface area contributed by atoms with E-state index in [0.29, 0.717) is 12.0 Å². The summed E-state index contributed by atoms with van der Waals surface area (Å²) in [6.07, 6.45) is 0. The quantitative estimate of drug-likeness (QED) is 0.791. The molecule has 0 amide bonds. The highest BCUT2D eigenvalue weighted by Gasteiger charge is 2.55. The Morgan fingerprint density at radius 3 is 2.61 bits per heavy atom. The molecule has 1 aromatic carbocycles. The third kappa shape index (κ3) is 1.35. The first-order chi connectivity index (χ1) is 8.67. The molecular weight excluding hydrogens is 222 g/mol. The largest absolute Gasteiger partial charge is 0.326 e.